The Balaban J connectivity index is 2.13. The molecule has 0 fully saturated rings. The van der Waals surface area contributed by atoms with Gasteiger partial charge in [-0.1, -0.05) is 11.6 Å². The topological polar surface area (TPSA) is 81.0 Å². The molecule has 1 aliphatic heterocycles. The predicted octanol–water partition coefficient (Wildman–Crippen LogP) is 2.24. The third kappa shape index (κ3) is 2.28. The average molecular weight is 305 g/mol. The summed E-state index contributed by atoms with van der Waals surface area (Å²) >= 11 is 6.43. The molecule has 0 aromatic carbocycles. The number of nitrogens with zero attached hydrogens (tertiary/aromatic N) is 6. The number of aromatic nitrogens is 4. The molecule has 0 radical (unpaired) electrons. The van der Waals surface area contributed by atoms with Gasteiger partial charge < -0.3 is 4.74 Å². The molecule has 21 heavy (non-hydrogen) atoms. The molecule has 0 saturated heterocycles. The second kappa shape index (κ2) is 5.58. The molecule has 0 aliphatic carbocycles. The highest BCUT2D eigenvalue weighted by Gasteiger charge is 2.23. The van der Waals surface area contributed by atoms with Crippen LogP contribution in [0.4, 0.5) is 5.82 Å². The largest absolute Gasteiger partial charge is 0.486 e. The minimum Gasteiger partial charge on any atom is -0.486 e. The minimum absolute atomic E-state index is 0.338. The average Bonchev–Trinajstić information content (AvgIpc) is 3.06. The summed E-state index contributed by atoms with van der Waals surface area (Å²) in [5.41, 5.74) is 1.35. The summed E-state index contributed by atoms with van der Waals surface area (Å²) in [6.45, 7) is 0.845. The van der Waals surface area contributed by atoms with E-state index >= 15 is 0 Å². The van der Waals surface area contributed by atoms with E-state index in [1.54, 1.807) is 0 Å². The summed E-state index contributed by atoms with van der Waals surface area (Å²) in [5.74, 6) is 0.856. The molecule has 2 aromatic heterocycles. The van der Waals surface area contributed by atoms with Crippen molar-refractivity contribution in [1.82, 2.24) is 19.6 Å². The van der Waals surface area contributed by atoms with Crippen LogP contribution in [0.1, 0.15) is 24.1 Å². The number of nitriles is 1. The van der Waals surface area contributed by atoms with Crippen LogP contribution in [0.2, 0.25) is 5.02 Å². The molecule has 0 amide bonds. The highest BCUT2D eigenvalue weighted by atomic mass is 35.5. The molecule has 3 heterocycles. The summed E-state index contributed by atoms with van der Waals surface area (Å²) in [6, 6.07) is 2.05. The lowest BCUT2D eigenvalue weighted by Gasteiger charge is -2.12. The normalized spacial score (nSPS) is 14.1. The van der Waals surface area contributed by atoms with E-state index in [9.17, 15) is 0 Å². The Labute approximate surface area is 126 Å². The highest BCUT2D eigenvalue weighted by molar-refractivity contribution is 6.32. The molecule has 0 unspecified atom stereocenters. The van der Waals surface area contributed by atoms with Gasteiger partial charge in [0.15, 0.2) is 18.0 Å². The maximum absolute atomic E-state index is 9.13. The standard InChI is InChI=1S/C13H13ClN6O/c1-21-8-16-12-9(6-15)7-17-20(12)13-11(14)10-4-2-3-5-19(10)18-13/h7-8H,2-5H2,1H3/b16-8+. The Kier molecular flexibility index (Phi) is 3.62. The lowest BCUT2D eigenvalue weighted by Crippen LogP contribution is -2.11. The fourth-order valence-electron chi connectivity index (χ4n) is 2.38. The van der Waals surface area contributed by atoms with Gasteiger partial charge >= 0.3 is 0 Å². The second-order valence-corrected chi connectivity index (χ2v) is 5.02. The van der Waals surface area contributed by atoms with E-state index < -0.39 is 0 Å². The van der Waals surface area contributed by atoms with Crippen molar-refractivity contribution >= 4 is 23.8 Å². The van der Waals surface area contributed by atoms with E-state index in [1.807, 2.05) is 10.8 Å². The van der Waals surface area contributed by atoms with Crippen LogP contribution in [-0.2, 0) is 17.7 Å². The van der Waals surface area contributed by atoms with Gasteiger partial charge in [0, 0.05) is 6.54 Å². The Morgan fingerprint density at radius 1 is 1.52 bits per heavy atom. The molecule has 0 bridgehead atoms. The smallest absolute Gasteiger partial charge is 0.196 e. The van der Waals surface area contributed by atoms with Gasteiger partial charge in [0.2, 0.25) is 0 Å². The van der Waals surface area contributed by atoms with Gasteiger partial charge in [0.1, 0.15) is 16.7 Å². The van der Waals surface area contributed by atoms with Crippen LogP contribution in [0.5, 0.6) is 0 Å². The molecule has 7 nitrogen and oxygen atoms in total. The van der Waals surface area contributed by atoms with Crippen molar-refractivity contribution in [3.05, 3.63) is 22.5 Å². The number of rotatable bonds is 3. The number of aliphatic imine (C=N–C) groups is 1. The molecule has 8 heteroatoms. The fraction of sp³-hybridized carbons (Fsp3) is 0.385. The van der Waals surface area contributed by atoms with Crippen molar-refractivity contribution in [2.45, 2.75) is 25.8 Å². The van der Waals surface area contributed by atoms with Crippen molar-refractivity contribution in [1.29, 1.82) is 5.26 Å². The summed E-state index contributed by atoms with van der Waals surface area (Å²) in [4.78, 5) is 4.10. The van der Waals surface area contributed by atoms with Crippen LogP contribution in [0, 0.1) is 11.3 Å². The first-order valence-electron chi connectivity index (χ1n) is 6.55. The molecular weight excluding hydrogens is 292 g/mol. The summed E-state index contributed by atoms with van der Waals surface area (Å²) in [7, 11) is 1.48. The fourth-order valence-corrected chi connectivity index (χ4v) is 2.69. The third-order valence-corrected chi connectivity index (χ3v) is 3.74. The SMILES string of the molecule is CO/C=N/c1c(C#N)cnn1-c1nn2c(c1Cl)CCCC2. The van der Waals surface area contributed by atoms with Crippen LogP contribution < -0.4 is 0 Å². The van der Waals surface area contributed by atoms with E-state index in [2.05, 4.69) is 15.2 Å². The lowest BCUT2D eigenvalue weighted by molar-refractivity contribution is 0.423. The van der Waals surface area contributed by atoms with Gasteiger partial charge in [0.05, 0.1) is 19.0 Å². The van der Waals surface area contributed by atoms with E-state index in [1.165, 1.54) is 24.4 Å². The first kappa shape index (κ1) is 13.6. The highest BCUT2D eigenvalue weighted by Crippen LogP contribution is 2.31. The zero-order valence-corrected chi connectivity index (χ0v) is 12.2. The van der Waals surface area contributed by atoms with Gasteiger partial charge in [-0.2, -0.15) is 25.1 Å². The van der Waals surface area contributed by atoms with Crippen LogP contribution in [-0.4, -0.2) is 33.1 Å². The van der Waals surface area contributed by atoms with Gasteiger partial charge in [-0.05, 0) is 19.3 Å². The Morgan fingerprint density at radius 3 is 3.10 bits per heavy atom. The number of methoxy groups -OCH3 is 1. The minimum atomic E-state index is 0.338. The predicted molar refractivity (Wildman–Crippen MR) is 77.2 cm³/mol. The van der Waals surface area contributed by atoms with E-state index in [-0.39, 0.29) is 0 Å². The quantitative estimate of drug-likeness (QED) is 0.643. The molecule has 2 aromatic rings. The summed E-state index contributed by atoms with van der Waals surface area (Å²) in [5, 5.41) is 18.4. The number of aryl methyl sites for hydroxylation is 1. The maximum atomic E-state index is 9.13. The molecule has 1 aliphatic rings. The number of hydrogen-bond donors (Lipinski definition) is 0. The third-order valence-electron chi connectivity index (χ3n) is 3.36. The first-order chi connectivity index (χ1) is 10.3. The molecular formula is C13H13ClN6O. The number of ether oxygens (including phenoxy) is 1. The van der Waals surface area contributed by atoms with E-state index in [4.69, 9.17) is 21.6 Å². The number of fused-ring (bicyclic) bond motifs is 1. The van der Waals surface area contributed by atoms with Crippen LogP contribution in [0.3, 0.4) is 0 Å². The molecule has 0 spiro atoms. The number of hydrogen-bond acceptors (Lipinski definition) is 5. The van der Waals surface area contributed by atoms with Crippen LogP contribution in [0.25, 0.3) is 5.82 Å². The van der Waals surface area contributed by atoms with Crippen molar-refractivity contribution in [3.8, 4) is 11.9 Å². The van der Waals surface area contributed by atoms with Crippen LogP contribution >= 0.6 is 11.6 Å². The summed E-state index contributed by atoms with van der Waals surface area (Å²) < 4.78 is 8.19. The van der Waals surface area contributed by atoms with Gasteiger partial charge in [-0.3, -0.25) is 4.68 Å². The molecule has 108 valence electrons. The molecule has 0 N–H and O–H groups in total. The van der Waals surface area contributed by atoms with Crippen molar-refractivity contribution in [3.63, 3.8) is 0 Å². The zero-order chi connectivity index (χ0) is 14.8. The summed E-state index contributed by atoms with van der Waals surface area (Å²) in [6.07, 6.45) is 5.77. The second-order valence-electron chi connectivity index (χ2n) is 4.64. The van der Waals surface area contributed by atoms with E-state index in [0.717, 1.165) is 31.5 Å². The van der Waals surface area contributed by atoms with Gasteiger partial charge in [-0.25, -0.2) is 0 Å². The van der Waals surface area contributed by atoms with E-state index in [0.29, 0.717) is 22.2 Å². The first-order valence-corrected chi connectivity index (χ1v) is 6.93. The number of halogens is 1. The molecule has 0 saturated carbocycles. The van der Waals surface area contributed by atoms with Gasteiger partial charge in [-0.15, -0.1) is 0 Å². The monoisotopic (exact) mass is 304 g/mol. The molecule has 3 rings (SSSR count). The van der Waals surface area contributed by atoms with Crippen molar-refractivity contribution in [2.75, 3.05) is 7.11 Å². The van der Waals surface area contributed by atoms with Crippen molar-refractivity contribution in [2.24, 2.45) is 4.99 Å². The Morgan fingerprint density at radius 2 is 2.38 bits per heavy atom. The lowest BCUT2D eigenvalue weighted by atomic mass is 10.1. The van der Waals surface area contributed by atoms with Gasteiger partial charge in [0.25, 0.3) is 0 Å². The maximum Gasteiger partial charge on any atom is 0.196 e. The Hall–Kier alpha value is -2.33. The zero-order valence-electron chi connectivity index (χ0n) is 11.5. The van der Waals surface area contributed by atoms with Crippen LogP contribution in [0.15, 0.2) is 11.2 Å². The Bertz CT molecular complexity index is 739. The van der Waals surface area contributed by atoms with Crippen molar-refractivity contribution < 1.29 is 4.74 Å². The molecule has 0 atom stereocenters.